The topological polar surface area (TPSA) is 23.4 Å². The summed E-state index contributed by atoms with van der Waals surface area (Å²) >= 11 is 0. The molecule has 5 rings (SSSR count). The molecule has 0 unspecified atom stereocenters. The van der Waals surface area contributed by atoms with E-state index in [0.717, 1.165) is 5.75 Å². The van der Waals surface area contributed by atoms with Gasteiger partial charge in [0.2, 0.25) is 0 Å². The summed E-state index contributed by atoms with van der Waals surface area (Å²) in [7, 11) is 2.15. The van der Waals surface area contributed by atoms with E-state index in [1.807, 2.05) is 0 Å². The SMILES string of the molecule is COCCOc1ccc2c3ccccc3n(-c3ccc([S+]4CCCC4)cc3)c2c1. The average Bonchev–Trinajstić information content (AvgIpc) is 3.40. The normalized spacial score (nSPS) is 14.8. The van der Waals surface area contributed by atoms with Crippen molar-refractivity contribution in [3.8, 4) is 11.4 Å². The minimum absolute atomic E-state index is 0.450. The molecule has 1 aliphatic rings. The van der Waals surface area contributed by atoms with Gasteiger partial charge >= 0.3 is 0 Å². The monoisotopic (exact) mass is 404 g/mol. The average molecular weight is 405 g/mol. The molecule has 2 heterocycles. The van der Waals surface area contributed by atoms with E-state index in [9.17, 15) is 0 Å². The van der Waals surface area contributed by atoms with Crippen molar-refractivity contribution in [3.63, 3.8) is 0 Å². The van der Waals surface area contributed by atoms with E-state index in [4.69, 9.17) is 9.47 Å². The van der Waals surface area contributed by atoms with Gasteiger partial charge in [0.25, 0.3) is 0 Å². The number of fused-ring (bicyclic) bond motifs is 3. The highest BCUT2D eigenvalue weighted by Crippen LogP contribution is 2.34. The van der Waals surface area contributed by atoms with Gasteiger partial charge < -0.3 is 14.0 Å². The van der Waals surface area contributed by atoms with E-state index in [-0.39, 0.29) is 0 Å². The van der Waals surface area contributed by atoms with Gasteiger partial charge in [-0.05, 0) is 55.3 Å². The number of benzene rings is 3. The van der Waals surface area contributed by atoms with Crippen molar-refractivity contribution in [2.45, 2.75) is 17.7 Å². The maximum atomic E-state index is 5.89. The molecule has 1 fully saturated rings. The van der Waals surface area contributed by atoms with Crippen LogP contribution in [0.2, 0.25) is 0 Å². The number of hydrogen-bond donors (Lipinski definition) is 0. The first-order valence-electron chi connectivity index (χ1n) is 10.3. The van der Waals surface area contributed by atoms with Crippen molar-refractivity contribution >= 4 is 32.7 Å². The van der Waals surface area contributed by atoms with Crippen molar-refractivity contribution in [1.29, 1.82) is 0 Å². The zero-order valence-electron chi connectivity index (χ0n) is 16.8. The minimum Gasteiger partial charge on any atom is -0.491 e. The van der Waals surface area contributed by atoms with Crippen LogP contribution in [0.25, 0.3) is 27.5 Å². The molecule has 0 radical (unpaired) electrons. The van der Waals surface area contributed by atoms with Gasteiger partial charge in [-0.25, -0.2) is 0 Å². The first kappa shape index (κ1) is 18.6. The third-order valence-corrected chi connectivity index (χ3v) is 8.16. The van der Waals surface area contributed by atoms with E-state index >= 15 is 0 Å². The highest BCUT2D eigenvalue weighted by atomic mass is 32.2. The van der Waals surface area contributed by atoms with Crippen LogP contribution in [0.1, 0.15) is 12.8 Å². The second kappa shape index (κ2) is 8.13. The van der Waals surface area contributed by atoms with Crippen LogP contribution >= 0.6 is 0 Å². The minimum atomic E-state index is 0.450. The van der Waals surface area contributed by atoms with Gasteiger partial charge in [0.1, 0.15) is 23.9 Å². The molecular formula is C25H26NO2S+. The lowest BCUT2D eigenvalue weighted by atomic mass is 10.1. The quantitative estimate of drug-likeness (QED) is 0.309. The molecule has 0 spiro atoms. The molecule has 148 valence electrons. The Bertz CT molecular complexity index is 1130. The number of hydrogen-bond acceptors (Lipinski definition) is 2. The van der Waals surface area contributed by atoms with Crippen LogP contribution in [0.3, 0.4) is 0 Å². The molecule has 4 aromatic rings. The molecule has 0 bridgehead atoms. The number of ether oxygens (including phenoxy) is 2. The molecule has 29 heavy (non-hydrogen) atoms. The Labute approximate surface area is 174 Å². The number of methoxy groups -OCH3 is 1. The summed E-state index contributed by atoms with van der Waals surface area (Å²) in [5, 5.41) is 2.52. The summed E-state index contributed by atoms with van der Waals surface area (Å²) in [5.41, 5.74) is 3.61. The van der Waals surface area contributed by atoms with Gasteiger partial charge in [-0.2, -0.15) is 0 Å². The number of rotatable bonds is 6. The van der Waals surface area contributed by atoms with Crippen LogP contribution in [0, 0.1) is 0 Å². The van der Waals surface area contributed by atoms with Crippen molar-refractivity contribution in [3.05, 3.63) is 66.7 Å². The summed E-state index contributed by atoms with van der Waals surface area (Å²) in [5.74, 6) is 3.59. The summed E-state index contributed by atoms with van der Waals surface area (Å²) in [6.45, 7) is 1.14. The smallest absolute Gasteiger partial charge is 0.155 e. The third-order valence-electron chi connectivity index (χ3n) is 5.66. The van der Waals surface area contributed by atoms with E-state index in [0.29, 0.717) is 24.1 Å². The highest BCUT2D eigenvalue weighted by Gasteiger charge is 2.26. The molecule has 3 nitrogen and oxygen atoms in total. The molecule has 0 aliphatic carbocycles. The second-order valence-electron chi connectivity index (χ2n) is 7.47. The van der Waals surface area contributed by atoms with Gasteiger partial charge in [-0.3, -0.25) is 0 Å². The van der Waals surface area contributed by atoms with E-state index < -0.39 is 0 Å². The van der Waals surface area contributed by atoms with Crippen LogP contribution < -0.4 is 4.74 Å². The first-order valence-corrected chi connectivity index (χ1v) is 11.8. The van der Waals surface area contributed by atoms with Crippen molar-refractivity contribution in [2.75, 3.05) is 31.8 Å². The van der Waals surface area contributed by atoms with Crippen LogP contribution in [-0.2, 0) is 15.6 Å². The molecule has 1 aromatic heterocycles. The molecule has 0 saturated carbocycles. The lowest BCUT2D eigenvalue weighted by Crippen LogP contribution is -2.04. The lowest BCUT2D eigenvalue weighted by Gasteiger charge is -2.10. The lowest BCUT2D eigenvalue weighted by molar-refractivity contribution is 0.146. The molecule has 0 amide bonds. The fourth-order valence-corrected chi connectivity index (χ4v) is 6.54. The first-order chi connectivity index (χ1) is 14.3. The van der Waals surface area contributed by atoms with Crippen molar-refractivity contribution < 1.29 is 9.47 Å². The highest BCUT2D eigenvalue weighted by molar-refractivity contribution is 7.97. The third kappa shape index (κ3) is 3.52. The van der Waals surface area contributed by atoms with Gasteiger partial charge in [0.05, 0.1) is 17.6 Å². The zero-order valence-corrected chi connectivity index (χ0v) is 17.6. The Balaban J connectivity index is 1.61. The molecule has 4 heteroatoms. The fraction of sp³-hybridized carbons (Fsp3) is 0.280. The summed E-state index contributed by atoms with van der Waals surface area (Å²) < 4.78 is 13.4. The Morgan fingerprint density at radius 3 is 2.38 bits per heavy atom. The molecule has 3 aromatic carbocycles. The Kier molecular flexibility index (Phi) is 5.21. The van der Waals surface area contributed by atoms with Gasteiger partial charge in [0, 0.05) is 40.5 Å². The Morgan fingerprint density at radius 2 is 1.59 bits per heavy atom. The van der Waals surface area contributed by atoms with Gasteiger partial charge in [-0.1, -0.05) is 18.2 Å². The predicted molar refractivity (Wildman–Crippen MR) is 123 cm³/mol. The molecule has 1 aliphatic heterocycles. The van der Waals surface area contributed by atoms with E-state index in [2.05, 4.69) is 71.3 Å². The fourth-order valence-electron chi connectivity index (χ4n) is 4.24. The molecule has 0 N–H and O–H groups in total. The Hall–Kier alpha value is -2.43. The van der Waals surface area contributed by atoms with Crippen LogP contribution in [0.15, 0.2) is 71.6 Å². The second-order valence-corrected chi connectivity index (χ2v) is 9.75. The van der Waals surface area contributed by atoms with Crippen molar-refractivity contribution in [1.82, 2.24) is 4.57 Å². The molecule has 1 saturated heterocycles. The number of para-hydroxylation sites is 1. The van der Waals surface area contributed by atoms with Crippen LogP contribution in [-0.4, -0.2) is 36.4 Å². The van der Waals surface area contributed by atoms with Gasteiger partial charge in [0.15, 0.2) is 4.90 Å². The van der Waals surface area contributed by atoms with Crippen LogP contribution in [0.5, 0.6) is 5.75 Å². The standard InChI is InChI=1S/C25H26NO2S/c1-27-14-15-28-20-10-13-23-22-6-2-3-7-24(22)26(25(23)18-20)19-8-11-21(12-9-19)29-16-4-5-17-29/h2-3,6-13,18H,4-5,14-17H2,1H3/q+1. The number of aromatic nitrogens is 1. The van der Waals surface area contributed by atoms with E-state index in [1.165, 1.54) is 56.7 Å². The Morgan fingerprint density at radius 1 is 0.828 bits per heavy atom. The molecular weight excluding hydrogens is 378 g/mol. The maximum Gasteiger partial charge on any atom is 0.155 e. The summed E-state index contributed by atoms with van der Waals surface area (Å²) in [6.07, 6.45) is 2.76. The van der Waals surface area contributed by atoms with E-state index in [1.54, 1.807) is 7.11 Å². The van der Waals surface area contributed by atoms with Crippen molar-refractivity contribution in [2.24, 2.45) is 0 Å². The number of nitrogens with zero attached hydrogens (tertiary/aromatic N) is 1. The zero-order chi connectivity index (χ0) is 19.6. The van der Waals surface area contributed by atoms with Crippen LogP contribution in [0.4, 0.5) is 0 Å². The van der Waals surface area contributed by atoms with Gasteiger partial charge in [-0.15, -0.1) is 0 Å². The maximum absolute atomic E-state index is 5.89. The largest absolute Gasteiger partial charge is 0.491 e. The molecule has 0 atom stereocenters. The summed E-state index contributed by atoms with van der Waals surface area (Å²) in [6, 6.07) is 24.2. The summed E-state index contributed by atoms with van der Waals surface area (Å²) in [4.78, 5) is 1.51. The predicted octanol–water partition coefficient (Wildman–Crippen LogP) is 5.58.